The molecule has 0 saturated carbocycles. The third-order valence-electron chi connectivity index (χ3n) is 4.02. The maximum atomic E-state index is 12.3. The molecule has 126 valence electrons. The fourth-order valence-electron chi connectivity index (χ4n) is 2.62. The highest BCUT2D eigenvalue weighted by molar-refractivity contribution is 5.91. The van der Waals surface area contributed by atoms with Crippen molar-refractivity contribution < 1.29 is 19.3 Å². The van der Waals surface area contributed by atoms with E-state index in [0.717, 1.165) is 29.9 Å². The van der Waals surface area contributed by atoms with Crippen LogP contribution < -0.4 is 4.90 Å². The molecule has 1 aliphatic rings. The zero-order valence-corrected chi connectivity index (χ0v) is 13.7. The zero-order chi connectivity index (χ0) is 16.8. The standard InChI is InChI=1S/C19H21NO4/c1-15-7-8-17(20-9-11-22-12-10-20)13-18(15)19(21)24-23-14-16-5-3-2-4-6-16/h2-8,13H,9-12,14H2,1H3. The Balaban J connectivity index is 1.63. The van der Waals surface area contributed by atoms with Crippen LogP contribution in [0.5, 0.6) is 0 Å². The third-order valence-corrected chi connectivity index (χ3v) is 4.02. The Bertz CT molecular complexity index is 681. The van der Waals surface area contributed by atoms with Gasteiger partial charge in [0.05, 0.1) is 18.8 Å². The fourth-order valence-corrected chi connectivity index (χ4v) is 2.62. The number of hydrogen-bond acceptors (Lipinski definition) is 5. The Morgan fingerprint density at radius 3 is 2.62 bits per heavy atom. The fraction of sp³-hybridized carbons (Fsp3) is 0.316. The van der Waals surface area contributed by atoms with Crippen molar-refractivity contribution in [3.8, 4) is 0 Å². The first-order valence-corrected chi connectivity index (χ1v) is 8.05. The van der Waals surface area contributed by atoms with E-state index >= 15 is 0 Å². The lowest BCUT2D eigenvalue weighted by molar-refractivity contribution is -0.250. The molecular formula is C19H21NO4. The Morgan fingerprint density at radius 1 is 1.12 bits per heavy atom. The molecule has 0 aliphatic carbocycles. The molecule has 1 aliphatic heterocycles. The quantitative estimate of drug-likeness (QED) is 0.624. The molecule has 2 aromatic carbocycles. The maximum Gasteiger partial charge on any atom is 0.373 e. The molecule has 1 saturated heterocycles. The number of morpholine rings is 1. The number of carbonyl (C=O) groups excluding carboxylic acids is 1. The van der Waals surface area contributed by atoms with E-state index in [4.69, 9.17) is 14.5 Å². The number of hydrogen-bond donors (Lipinski definition) is 0. The Hall–Kier alpha value is -2.37. The van der Waals surface area contributed by atoms with E-state index in [9.17, 15) is 4.79 Å². The molecule has 5 heteroatoms. The van der Waals surface area contributed by atoms with E-state index in [1.807, 2.05) is 55.5 Å². The summed E-state index contributed by atoms with van der Waals surface area (Å²) < 4.78 is 5.36. The van der Waals surface area contributed by atoms with Gasteiger partial charge in [0.15, 0.2) is 0 Å². The third kappa shape index (κ3) is 4.13. The summed E-state index contributed by atoms with van der Waals surface area (Å²) in [7, 11) is 0. The van der Waals surface area contributed by atoms with Crippen molar-refractivity contribution in [3.63, 3.8) is 0 Å². The number of nitrogens with zero attached hydrogens (tertiary/aromatic N) is 1. The maximum absolute atomic E-state index is 12.3. The molecule has 2 aromatic rings. The van der Waals surface area contributed by atoms with Crippen LogP contribution >= 0.6 is 0 Å². The van der Waals surface area contributed by atoms with Crippen LogP contribution in [0.2, 0.25) is 0 Å². The Kier molecular flexibility index (Phi) is 5.46. The second kappa shape index (κ2) is 7.95. The van der Waals surface area contributed by atoms with Gasteiger partial charge in [0.2, 0.25) is 0 Å². The van der Waals surface area contributed by atoms with Gasteiger partial charge in [-0.05, 0) is 30.2 Å². The molecule has 5 nitrogen and oxygen atoms in total. The summed E-state index contributed by atoms with van der Waals surface area (Å²) in [5.74, 6) is -0.474. The zero-order valence-electron chi connectivity index (χ0n) is 13.7. The van der Waals surface area contributed by atoms with Crippen molar-refractivity contribution in [1.82, 2.24) is 0 Å². The van der Waals surface area contributed by atoms with E-state index in [-0.39, 0.29) is 6.61 Å². The van der Waals surface area contributed by atoms with Crippen molar-refractivity contribution in [2.75, 3.05) is 31.2 Å². The minimum Gasteiger partial charge on any atom is -0.378 e. The number of anilines is 1. The van der Waals surface area contributed by atoms with Gasteiger partial charge in [0.1, 0.15) is 6.61 Å². The molecule has 0 atom stereocenters. The normalized spacial score (nSPS) is 14.5. The van der Waals surface area contributed by atoms with Crippen LogP contribution in [0, 0.1) is 6.92 Å². The molecule has 0 radical (unpaired) electrons. The Labute approximate surface area is 141 Å². The smallest absolute Gasteiger partial charge is 0.373 e. The monoisotopic (exact) mass is 327 g/mol. The largest absolute Gasteiger partial charge is 0.378 e. The predicted molar refractivity (Wildman–Crippen MR) is 90.9 cm³/mol. The molecule has 0 bridgehead atoms. The Morgan fingerprint density at radius 2 is 1.88 bits per heavy atom. The molecule has 1 heterocycles. The average Bonchev–Trinajstić information content (AvgIpc) is 2.63. The number of aryl methyl sites for hydroxylation is 1. The summed E-state index contributed by atoms with van der Waals surface area (Å²) >= 11 is 0. The first kappa shape index (κ1) is 16.5. The lowest BCUT2D eigenvalue weighted by Gasteiger charge is -2.29. The van der Waals surface area contributed by atoms with E-state index in [0.29, 0.717) is 18.8 Å². The van der Waals surface area contributed by atoms with Crippen molar-refractivity contribution in [2.45, 2.75) is 13.5 Å². The van der Waals surface area contributed by atoms with Gasteiger partial charge in [-0.25, -0.2) is 4.79 Å². The second-order valence-electron chi connectivity index (χ2n) is 5.72. The first-order chi connectivity index (χ1) is 11.7. The topological polar surface area (TPSA) is 48.0 Å². The van der Waals surface area contributed by atoms with Gasteiger partial charge in [-0.3, -0.25) is 4.89 Å². The second-order valence-corrected chi connectivity index (χ2v) is 5.72. The van der Waals surface area contributed by atoms with Crippen LogP contribution in [0.15, 0.2) is 48.5 Å². The number of rotatable bonds is 5. The van der Waals surface area contributed by atoms with Crippen molar-refractivity contribution in [3.05, 3.63) is 65.2 Å². The first-order valence-electron chi connectivity index (χ1n) is 8.05. The van der Waals surface area contributed by atoms with Crippen molar-refractivity contribution >= 4 is 11.7 Å². The molecule has 0 spiro atoms. The van der Waals surface area contributed by atoms with E-state index in [1.54, 1.807) is 0 Å². The molecule has 0 unspecified atom stereocenters. The minimum atomic E-state index is -0.474. The van der Waals surface area contributed by atoms with Crippen LogP contribution in [-0.4, -0.2) is 32.3 Å². The number of benzene rings is 2. The highest BCUT2D eigenvalue weighted by atomic mass is 17.2. The van der Waals surface area contributed by atoms with Gasteiger partial charge in [0.25, 0.3) is 0 Å². The van der Waals surface area contributed by atoms with Crippen LogP contribution in [0.25, 0.3) is 0 Å². The van der Waals surface area contributed by atoms with Crippen LogP contribution in [0.3, 0.4) is 0 Å². The summed E-state index contributed by atoms with van der Waals surface area (Å²) in [6.07, 6.45) is 0. The summed E-state index contributed by atoms with van der Waals surface area (Å²) in [5, 5.41) is 0. The highest BCUT2D eigenvalue weighted by Crippen LogP contribution is 2.21. The van der Waals surface area contributed by atoms with Gasteiger partial charge in [-0.1, -0.05) is 36.4 Å². The van der Waals surface area contributed by atoms with Gasteiger partial charge in [0, 0.05) is 18.8 Å². The summed E-state index contributed by atoms with van der Waals surface area (Å²) in [4.78, 5) is 24.6. The van der Waals surface area contributed by atoms with E-state index < -0.39 is 5.97 Å². The van der Waals surface area contributed by atoms with Gasteiger partial charge in [-0.2, -0.15) is 4.89 Å². The van der Waals surface area contributed by atoms with E-state index in [2.05, 4.69) is 4.90 Å². The number of carbonyl (C=O) groups is 1. The number of ether oxygens (including phenoxy) is 1. The molecular weight excluding hydrogens is 306 g/mol. The van der Waals surface area contributed by atoms with Crippen LogP contribution in [0.4, 0.5) is 5.69 Å². The molecule has 24 heavy (non-hydrogen) atoms. The molecule has 0 aromatic heterocycles. The van der Waals surface area contributed by atoms with Gasteiger partial charge in [-0.15, -0.1) is 0 Å². The molecule has 0 amide bonds. The SMILES string of the molecule is Cc1ccc(N2CCOCC2)cc1C(=O)OOCc1ccccc1. The average molecular weight is 327 g/mol. The van der Waals surface area contributed by atoms with Gasteiger partial charge >= 0.3 is 5.97 Å². The lowest BCUT2D eigenvalue weighted by atomic mass is 10.1. The molecule has 1 fully saturated rings. The lowest BCUT2D eigenvalue weighted by Crippen LogP contribution is -2.36. The van der Waals surface area contributed by atoms with Gasteiger partial charge < -0.3 is 9.64 Å². The molecule has 0 N–H and O–H groups in total. The predicted octanol–water partition coefficient (Wildman–Crippen LogP) is 3.12. The van der Waals surface area contributed by atoms with Crippen molar-refractivity contribution in [1.29, 1.82) is 0 Å². The highest BCUT2D eigenvalue weighted by Gasteiger charge is 2.17. The molecule has 3 rings (SSSR count). The van der Waals surface area contributed by atoms with Crippen LogP contribution in [-0.2, 0) is 21.1 Å². The van der Waals surface area contributed by atoms with Crippen molar-refractivity contribution in [2.24, 2.45) is 0 Å². The summed E-state index contributed by atoms with van der Waals surface area (Å²) in [6.45, 7) is 5.16. The van der Waals surface area contributed by atoms with Crippen LogP contribution in [0.1, 0.15) is 21.5 Å². The van der Waals surface area contributed by atoms with E-state index in [1.165, 1.54) is 0 Å². The summed E-state index contributed by atoms with van der Waals surface area (Å²) in [6, 6.07) is 15.4. The summed E-state index contributed by atoms with van der Waals surface area (Å²) in [5.41, 5.74) is 3.33. The minimum absolute atomic E-state index is 0.231.